The third-order valence-corrected chi connectivity index (χ3v) is 3.45. The number of nitrogens with one attached hydrogen (secondary N) is 1. The van der Waals surface area contributed by atoms with Crippen LogP contribution in [0, 0.1) is 6.92 Å². The summed E-state index contributed by atoms with van der Waals surface area (Å²) in [6.45, 7) is 4.60. The topological polar surface area (TPSA) is 53.8 Å². The molecule has 0 heterocycles. The number of benzene rings is 2. The first kappa shape index (κ1) is 16.2. The van der Waals surface area contributed by atoms with Gasteiger partial charge in [0.15, 0.2) is 0 Å². The first-order valence-electron chi connectivity index (χ1n) is 7.11. The van der Waals surface area contributed by atoms with Crippen molar-refractivity contribution in [3.8, 4) is 11.5 Å². The smallest absolute Gasteiger partial charge is 0.128 e. The van der Waals surface area contributed by atoms with Gasteiger partial charge in [-0.1, -0.05) is 24.6 Å². The van der Waals surface area contributed by atoms with Crippen LogP contribution in [0.15, 0.2) is 41.5 Å². The first-order chi connectivity index (χ1) is 10.6. The number of phenolic OH excluding ortho intramolecular Hbond substituents is 1. The quantitative estimate of drug-likeness (QED) is 0.605. The van der Waals surface area contributed by atoms with Crippen LogP contribution in [-0.2, 0) is 0 Å². The number of phenols is 1. The molecular weight excluding hydrogens is 300 g/mol. The van der Waals surface area contributed by atoms with Crippen molar-refractivity contribution in [2.75, 3.05) is 12.0 Å². The largest absolute Gasteiger partial charge is 0.507 e. The minimum Gasteiger partial charge on any atom is -0.507 e. The van der Waals surface area contributed by atoms with E-state index in [2.05, 4.69) is 10.5 Å². The normalized spacial score (nSPS) is 10.9. The lowest BCUT2D eigenvalue weighted by Crippen LogP contribution is -1.96. The van der Waals surface area contributed by atoms with Crippen molar-refractivity contribution in [2.24, 2.45) is 5.10 Å². The molecule has 0 aromatic heterocycles. The Labute approximate surface area is 135 Å². The summed E-state index contributed by atoms with van der Waals surface area (Å²) < 4.78 is 5.45. The minimum absolute atomic E-state index is 0.126. The average molecular weight is 319 g/mol. The molecule has 5 heteroatoms. The second kappa shape index (κ2) is 7.71. The summed E-state index contributed by atoms with van der Waals surface area (Å²) in [6.07, 6.45) is 2.47. The summed E-state index contributed by atoms with van der Waals surface area (Å²) in [5, 5.41) is 14.7. The van der Waals surface area contributed by atoms with Crippen LogP contribution in [0.2, 0.25) is 5.02 Å². The molecule has 0 aliphatic heterocycles. The van der Waals surface area contributed by atoms with Gasteiger partial charge in [0.2, 0.25) is 0 Å². The Bertz CT molecular complexity index is 672. The highest BCUT2D eigenvalue weighted by atomic mass is 35.5. The molecule has 4 nitrogen and oxygen atoms in total. The van der Waals surface area contributed by atoms with Gasteiger partial charge >= 0.3 is 0 Å². The van der Waals surface area contributed by atoms with Crippen LogP contribution in [-0.4, -0.2) is 17.9 Å². The molecule has 0 spiro atoms. The lowest BCUT2D eigenvalue weighted by atomic mass is 10.2. The van der Waals surface area contributed by atoms with E-state index in [9.17, 15) is 5.11 Å². The van der Waals surface area contributed by atoms with Crippen LogP contribution < -0.4 is 10.2 Å². The standard InChI is InChI=1S/C17H19ClN2O2/c1-3-8-22-15-7-5-13(17(21)10-15)11-19-20-14-6-4-12(2)16(18)9-14/h4-7,9-11,20-21H,3,8H2,1-2H3. The van der Waals surface area contributed by atoms with Gasteiger partial charge in [-0.25, -0.2) is 0 Å². The van der Waals surface area contributed by atoms with Crippen LogP contribution in [0.1, 0.15) is 24.5 Å². The molecule has 0 radical (unpaired) electrons. The minimum atomic E-state index is 0.126. The molecule has 0 amide bonds. The summed E-state index contributed by atoms with van der Waals surface area (Å²) in [5.74, 6) is 0.774. The van der Waals surface area contributed by atoms with Crippen LogP contribution in [0.4, 0.5) is 5.69 Å². The summed E-state index contributed by atoms with van der Waals surface area (Å²) >= 11 is 6.05. The maximum absolute atomic E-state index is 9.95. The lowest BCUT2D eigenvalue weighted by Gasteiger charge is -2.06. The van der Waals surface area contributed by atoms with Gasteiger partial charge in [0, 0.05) is 16.7 Å². The van der Waals surface area contributed by atoms with Gasteiger partial charge in [-0.05, 0) is 43.2 Å². The van der Waals surface area contributed by atoms with Crippen molar-refractivity contribution in [2.45, 2.75) is 20.3 Å². The maximum Gasteiger partial charge on any atom is 0.128 e. The molecule has 0 bridgehead atoms. The first-order valence-corrected chi connectivity index (χ1v) is 7.49. The highest BCUT2D eigenvalue weighted by molar-refractivity contribution is 6.31. The molecule has 0 atom stereocenters. The molecular formula is C17H19ClN2O2. The van der Waals surface area contributed by atoms with Gasteiger partial charge in [0.25, 0.3) is 0 Å². The molecule has 2 rings (SSSR count). The van der Waals surface area contributed by atoms with E-state index in [-0.39, 0.29) is 5.75 Å². The van der Waals surface area contributed by atoms with E-state index in [0.29, 0.717) is 22.9 Å². The monoisotopic (exact) mass is 318 g/mol. The van der Waals surface area contributed by atoms with Gasteiger partial charge in [0.05, 0.1) is 18.5 Å². The van der Waals surface area contributed by atoms with Crippen molar-refractivity contribution in [1.82, 2.24) is 0 Å². The van der Waals surface area contributed by atoms with Crippen LogP contribution in [0.25, 0.3) is 0 Å². The van der Waals surface area contributed by atoms with E-state index in [1.165, 1.54) is 0 Å². The molecule has 0 aliphatic rings. The van der Waals surface area contributed by atoms with E-state index in [1.807, 2.05) is 26.0 Å². The Balaban J connectivity index is 2.01. The van der Waals surface area contributed by atoms with Crippen molar-refractivity contribution in [3.63, 3.8) is 0 Å². The van der Waals surface area contributed by atoms with Gasteiger partial charge in [-0.3, -0.25) is 5.43 Å². The van der Waals surface area contributed by atoms with Gasteiger partial charge in [0.1, 0.15) is 11.5 Å². The van der Waals surface area contributed by atoms with Crippen LogP contribution in [0.3, 0.4) is 0 Å². The fraction of sp³-hybridized carbons (Fsp3) is 0.235. The van der Waals surface area contributed by atoms with Crippen molar-refractivity contribution >= 4 is 23.5 Å². The van der Waals surface area contributed by atoms with Crippen LogP contribution >= 0.6 is 11.6 Å². The van der Waals surface area contributed by atoms with E-state index < -0.39 is 0 Å². The molecule has 2 aromatic rings. The molecule has 2 aromatic carbocycles. The molecule has 0 fully saturated rings. The summed E-state index contributed by atoms with van der Waals surface area (Å²) in [4.78, 5) is 0. The molecule has 2 N–H and O–H groups in total. The number of hydrazone groups is 1. The molecule has 0 saturated carbocycles. The van der Waals surface area contributed by atoms with E-state index in [4.69, 9.17) is 16.3 Å². The van der Waals surface area contributed by atoms with E-state index in [0.717, 1.165) is 17.7 Å². The number of hydrogen-bond acceptors (Lipinski definition) is 4. The number of aromatic hydroxyl groups is 1. The third kappa shape index (κ3) is 4.40. The molecule has 22 heavy (non-hydrogen) atoms. The summed E-state index contributed by atoms with van der Waals surface area (Å²) in [6, 6.07) is 10.8. The maximum atomic E-state index is 9.95. The molecule has 0 aliphatic carbocycles. The van der Waals surface area contributed by atoms with Gasteiger partial charge in [-0.2, -0.15) is 5.10 Å². The number of hydrogen-bond donors (Lipinski definition) is 2. The Hall–Kier alpha value is -2.20. The van der Waals surface area contributed by atoms with Crippen LogP contribution in [0.5, 0.6) is 11.5 Å². The Kier molecular flexibility index (Phi) is 5.67. The van der Waals surface area contributed by atoms with Gasteiger partial charge < -0.3 is 9.84 Å². The van der Waals surface area contributed by atoms with Gasteiger partial charge in [-0.15, -0.1) is 0 Å². The predicted octanol–water partition coefficient (Wildman–Crippen LogP) is 4.59. The SMILES string of the molecule is CCCOc1ccc(C=NNc2ccc(C)c(Cl)c2)c(O)c1. The number of rotatable bonds is 6. The number of halogens is 1. The summed E-state index contributed by atoms with van der Waals surface area (Å²) in [5.41, 5.74) is 5.28. The Morgan fingerprint density at radius 2 is 2.09 bits per heavy atom. The fourth-order valence-corrected chi connectivity index (χ4v) is 1.96. The zero-order valence-corrected chi connectivity index (χ0v) is 13.4. The van der Waals surface area contributed by atoms with E-state index >= 15 is 0 Å². The molecule has 116 valence electrons. The van der Waals surface area contributed by atoms with E-state index in [1.54, 1.807) is 30.5 Å². The Morgan fingerprint density at radius 3 is 2.77 bits per heavy atom. The molecule has 0 saturated heterocycles. The number of nitrogens with zero attached hydrogens (tertiary/aromatic N) is 1. The number of aryl methyl sites for hydroxylation is 1. The van der Waals surface area contributed by atoms with Crippen molar-refractivity contribution < 1.29 is 9.84 Å². The second-order valence-electron chi connectivity index (χ2n) is 4.90. The Morgan fingerprint density at radius 1 is 1.27 bits per heavy atom. The number of ether oxygens (including phenoxy) is 1. The third-order valence-electron chi connectivity index (χ3n) is 3.04. The average Bonchev–Trinajstić information content (AvgIpc) is 2.50. The fourth-order valence-electron chi connectivity index (χ4n) is 1.78. The highest BCUT2D eigenvalue weighted by Gasteiger charge is 2.01. The number of anilines is 1. The highest BCUT2D eigenvalue weighted by Crippen LogP contribution is 2.23. The zero-order chi connectivity index (χ0) is 15.9. The predicted molar refractivity (Wildman–Crippen MR) is 91.3 cm³/mol. The summed E-state index contributed by atoms with van der Waals surface area (Å²) in [7, 11) is 0. The zero-order valence-electron chi connectivity index (χ0n) is 12.6. The van der Waals surface area contributed by atoms with Crippen molar-refractivity contribution in [3.05, 3.63) is 52.5 Å². The second-order valence-corrected chi connectivity index (χ2v) is 5.31. The van der Waals surface area contributed by atoms with Crippen molar-refractivity contribution in [1.29, 1.82) is 0 Å². The lowest BCUT2D eigenvalue weighted by molar-refractivity contribution is 0.315. The molecule has 0 unspecified atom stereocenters.